The summed E-state index contributed by atoms with van der Waals surface area (Å²) in [6.07, 6.45) is 0. The highest BCUT2D eigenvalue weighted by molar-refractivity contribution is 7.26. The molecule has 0 unspecified atom stereocenters. The van der Waals surface area contributed by atoms with Gasteiger partial charge in [-0.05, 0) is 101 Å². The zero-order valence-electron chi connectivity index (χ0n) is 31.3. The van der Waals surface area contributed by atoms with Gasteiger partial charge in [-0.3, -0.25) is 4.40 Å². The highest BCUT2D eigenvalue weighted by Gasteiger charge is 2.19. The van der Waals surface area contributed by atoms with Crippen LogP contribution in [0, 0.1) is 0 Å². The van der Waals surface area contributed by atoms with Gasteiger partial charge < -0.3 is 0 Å². The summed E-state index contributed by atoms with van der Waals surface area (Å²) in [5.74, 6) is 0. The van der Waals surface area contributed by atoms with E-state index in [4.69, 9.17) is 4.98 Å². The molecule has 0 aliphatic rings. The summed E-state index contributed by atoms with van der Waals surface area (Å²) in [5, 5.41) is 15.2. The average Bonchev–Trinajstić information content (AvgIpc) is 3.88. The van der Waals surface area contributed by atoms with Gasteiger partial charge in [-0.25, -0.2) is 4.98 Å². The minimum atomic E-state index is 1.01. The van der Waals surface area contributed by atoms with Crippen LogP contribution in [0.4, 0.5) is 0 Å². The lowest BCUT2D eigenvalue weighted by molar-refractivity contribution is 1.25. The van der Waals surface area contributed by atoms with E-state index in [1.807, 2.05) is 11.3 Å². The van der Waals surface area contributed by atoms with E-state index in [1.54, 1.807) is 0 Å². The number of nitrogens with zero attached hydrogens (tertiary/aromatic N) is 2. The van der Waals surface area contributed by atoms with E-state index >= 15 is 0 Å². The first-order valence-corrected chi connectivity index (χ1v) is 20.7. The number of rotatable bonds is 3. The monoisotopic (exact) mass is 752 g/mol. The zero-order chi connectivity index (χ0) is 37.9. The van der Waals surface area contributed by atoms with Crippen molar-refractivity contribution in [2.75, 3.05) is 0 Å². The molecule has 0 N–H and O–H groups in total. The van der Waals surface area contributed by atoms with E-state index < -0.39 is 0 Å². The number of benzene rings is 10. The van der Waals surface area contributed by atoms with Gasteiger partial charge in [-0.15, -0.1) is 11.3 Å². The molecule has 0 aliphatic carbocycles. The van der Waals surface area contributed by atoms with Gasteiger partial charge in [0, 0.05) is 20.9 Å². The summed E-state index contributed by atoms with van der Waals surface area (Å²) >= 11 is 1.83. The Hall–Kier alpha value is -7.33. The number of thiophene rings is 1. The van der Waals surface area contributed by atoms with Crippen molar-refractivity contribution in [1.82, 2.24) is 9.38 Å². The number of pyridine rings is 1. The van der Waals surface area contributed by atoms with Gasteiger partial charge in [-0.2, -0.15) is 0 Å². The van der Waals surface area contributed by atoms with Crippen molar-refractivity contribution in [2.24, 2.45) is 0 Å². The molecule has 0 amide bonds. The number of hydrogen-bond acceptors (Lipinski definition) is 2. The lowest BCUT2D eigenvalue weighted by Gasteiger charge is -2.15. The molecule has 0 saturated heterocycles. The molecule has 3 heteroatoms. The van der Waals surface area contributed by atoms with Crippen molar-refractivity contribution in [3.63, 3.8) is 0 Å². The van der Waals surface area contributed by atoms with E-state index in [0.717, 1.165) is 27.9 Å². The van der Waals surface area contributed by atoms with Crippen LogP contribution < -0.4 is 0 Å². The molecule has 10 aromatic carbocycles. The smallest absolute Gasteiger partial charge is 0.156 e. The Labute approximate surface area is 337 Å². The van der Waals surface area contributed by atoms with Crippen molar-refractivity contribution < 1.29 is 0 Å². The molecule has 3 heterocycles. The zero-order valence-corrected chi connectivity index (χ0v) is 32.1. The van der Waals surface area contributed by atoms with Crippen LogP contribution in [0.15, 0.2) is 194 Å². The van der Waals surface area contributed by atoms with Crippen molar-refractivity contribution >= 4 is 102 Å². The van der Waals surface area contributed by atoms with Crippen LogP contribution in [0.5, 0.6) is 0 Å². The Balaban J connectivity index is 0.974. The third kappa shape index (κ3) is 4.51. The normalized spacial score (nSPS) is 12.1. The first kappa shape index (κ1) is 31.8. The van der Waals surface area contributed by atoms with Crippen LogP contribution in [0.3, 0.4) is 0 Å². The summed E-state index contributed by atoms with van der Waals surface area (Å²) in [6.45, 7) is 0. The number of fused-ring (bicyclic) bond motifs is 16. The third-order valence-corrected chi connectivity index (χ3v) is 13.6. The first-order chi connectivity index (χ1) is 28.8. The summed E-state index contributed by atoms with van der Waals surface area (Å²) < 4.78 is 4.89. The van der Waals surface area contributed by atoms with Crippen LogP contribution >= 0.6 is 11.3 Å². The molecule has 268 valence electrons. The third-order valence-electron chi connectivity index (χ3n) is 12.4. The Morgan fingerprint density at radius 2 is 0.897 bits per heavy atom. The first-order valence-electron chi connectivity index (χ1n) is 19.9. The molecule has 13 rings (SSSR count). The number of hydrogen-bond donors (Lipinski definition) is 0. The predicted molar refractivity (Wildman–Crippen MR) is 249 cm³/mol. The molecule has 58 heavy (non-hydrogen) atoms. The van der Waals surface area contributed by atoms with Crippen molar-refractivity contribution in [3.8, 4) is 33.5 Å². The van der Waals surface area contributed by atoms with Crippen molar-refractivity contribution in [2.45, 2.75) is 0 Å². The van der Waals surface area contributed by atoms with Gasteiger partial charge in [-0.1, -0.05) is 170 Å². The molecule has 0 bridgehead atoms. The van der Waals surface area contributed by atoms with Crippen molar-refractivity contribution in [3.05, 3.63) is 194 Å². The molecule has 3 aromatic heterocycles. The standard InChI is InChI=1S/C55H32N2S/c1-2-12-39-33(11-1)26-30-50-53(39)56-55-54-49(47-19-9-10-20-52(47)58-54)32-51(57(50)55)35-23-21-34(22-24-35)37-28-29-38(41-14-4-3-13-40(37)41)36-25-27-46-44-17-6-5-15-42(44)43-16-7-8-18-45(43)48(46)31-36/h1-32H. The largest absolute Gasteiger partial charge is 0.291 e. The maximum absolute atomic E-state index is 5.40. The molecule has 0 spiro atoms. The molecule has 0 radical (unpaired) electrons. The number of aromatic nitrogens is 2. The maximum Gasteiger partial charge on any atom is 0.156 e. The Bertz CT molecular complexity index is 3810. The lowest BCUT2D eigenvalue weighted by atomic mass is 9.89. The minimum absolute atomic E-state index is 1.01. The quantitative estimate of drug-likeness (QED) is 0.164. The summed E-state index contributed by atoms with van der Waals surface area (Å²) in [4.78, 5) is 5.40. The van der Waals surface area contributed by atoms with Crippen LogP contribution in [0.2, 0.25) is 0 Å². The van der Waals surface area contributed by atoms with Crippen LogP contribution in [0.25, 0.3) is 124 Å². The Kier molecular flexibility index (Phi) is 6.63. The predicted octanol–water partition coefficient (Wildman–Crippen LogP) is 15.6. The van der Waals surface area contributed by atoms with Crippen LogP contribution in [0.1, 0.15) is 0 Å². The fraction of sp³-hybridized carbons (Fsp3) is 0. The summed E-state index contributed by atoms with van der Waals surface area (Å²) in [5.41, 5.74) is 10.4. The molecule has 0 saturated carbocycles. The fourth-order valence-corrected chi connectivity index (χ4v) is 10.9. The van der Waals surface area contributed by atoms with E-state index in [-0.39, 0.29) is 0 Å². The van der Waals surface area contributed by atoms with E-state index in [0.29, 0.717) is 0 Å². The van der Waals surface area contributed by atoms with E-state index in [2.05, 4.69) is 199 Å². The number of imidazole rings is 1. The van der Waals surface area contributed by atoms with E-state index in [9.17, 15) is 0 Å². The van der Waals surface area contributed by atoms with Gasteiger partial charge >= 0.3 is 0 Å². The molecule has 13 aromatic rings. The van der Waals surface area contributed by atoms with Gasteiger partial charge in [0.2, 0.25) is 0 Å². The second kappa shape index (κ2) is 12.1. The van der Waals surface area contributed by atoms with Crippen LogP contribution in [-0.4, -0.2) is 9.38 Å². The molecule has 0 aliphatic heterocycles. The molecule has 2 nitrogen and oxygen atoms in total. The Morgan fingerprint density at radius 3 is 1.60 bits per heavy atom. The minimum Gasteiger partial charge on any atom is -0.291 e. The Morgan fingerprint density at radius 1 is 0.362 bits per heavy atom. The van der Waals surface area contributed by atoms with Gasteiger partial charge in [0.15, 0.2) is 5.65 Å². The SMILES string of the molecule is c1ccc2c(c1)ccc1c2nc2c3sc4ccccc4c3cc(-c3ccc(-c4ccc(-c5ccc6c7ccccc7c7ccccc7c6c5)c5ccccc45)cc3)n12. The topological polar surface area (TPSA) is 17.3 Å². The maximum atomic E-state index is 5.40. The average molecular weight is 753 g/mol. The second-order valence-corrected chi connectivity index (χ2v) is 16.5. The van der Waals surface area contributed by atoms with E-state index in [1.165, 1.54) is 96.3 Å². The lowest BCUT2D eigenvalue weighted by Crippen LogP contribution is -1.93. The van der Waals surface area contributed by atoms with Gasteiger partial charge in [0.1, 0.15) is 0 Å². The second-order valence-electron chi connectivity index (χ2n) is 15.4. The molecular formula is C55H32N2S. The van der Waals surface area contributed by atoms with Gasteiger partial charge in [0.05, 0.1) is 21.4 Å². The summed E-state index contributed by atoms with van der Waals surface area (Å²) in [7, 11) is 0. The summed E-state index contributed by atoms with van der Waals surface area (Å²) in [6, 6.07) is 71.5. The van der Waals surface area contributed by atoms with Crippen molar-refractivity contribution in [1.29, 1.82) is 0 Å². The molecule has 0 fully saturated rings. The highest BCUT2D eigenvalue weighted by Crippen LogP contribution is 2.43. The van der Waals surface area contributed by atoms with Gasteiger partial charge in [0.25, 0.3) is 0 Å². The molecular weight excluding hydrogens is 721 g/mol. The molecule has 0 atom stereocenters. The van der Waals surface area contributed by atoms with Crippen LogP contribution in [-0.2, 0) is 0 Å². The highest BCUT2D eigenvalue weighted by atomic mass is 32.1. The fourth-order valence-electron chi connectivity index (χ4n) is 9.69.